The Balaban J connectivity index is 2.10. The van der Waals surface area contributed by atoms with Crippen molar-refractivity contribution >= 4 is 42.4 Å². The number of benzene rings is 2. The Morgan fingerprint density at radius 2 is 1.71 bits per heavy atom. The van der Waals surface area contributed by atoms with Crippen LogP contribution in [0.3, 0.4) is 0 Å². The van der Waals surface area contributed by atoms with Gasteiger partial charge in [-0.15, -0.1) is 0 Å². The Kier molecular flexibility index (Phi) is 7.13. The first kappa shape index (κ1) is 23.4. The molecule has 166 valence electrons. The van der Waals surface area contributed by atoms with E-state index in [1.165, 1.54) is 17.4 Å². The maximum absolute atomic E-state index is 13.6. The third kappa shape index (κ3) is 4.97. The van der Waals surface area contributed by atoms with E-state index in [0.717, 1.165) is 40.7 Å². The van der Waals surface area contributed by atoms with E-state index in [0.29, 0.717) is 18.2 Å². The largest absolute Gasteiger partial charge is 0.302 e. The maximum Gasteiger partial charge on any atom is 0.261 e. The van der Waals surface area contributed by atoms with Gasteiger partial charge in [-0.1, -0.05) is 43.4 Å². The number of amides is 1. The molecule has 0 saturated carbocycles. The zero-order valence-electron chi connectivity index (χ0n) is 18.7. The highest BCUT2D eigenvalue weighted by atomic mass is 32.2. The number of aryl methyl sites for hydroxylation is 2. The predicted octanol–water partition coefficient (Wildman–Crippen LogP) is 4.31. The maximum atomic E-state index is 13.6. The summed E-state index contributed by atoms with van der Waals surface area (Å²) >= 11 is 1.46. The third-order valence-electron chi connectivity index (χ3n) is 5.60. The van der Waals surface area contributed by atoms with Crippen LogP contribution in [-0.2, 0) is 9.84 Å². The molecule has 1 aromatic heterocycles. The first-order chi connectivity index (χ1) is 14.7. The van der Waals surface area contributed by atoms with Crippen molar-refractivity contribution < 1.29 is 13.2 Å². The molecule has 3 rings (SSSR count). The minimum absolute atomic E-state index is 0.0426. The molecule has 8 heteroatoms. The Labute approximate surface area is 188 Å². The van der Waals surface area contributed by atoms with Crippen LogP contribution in [0, 0.1) is 13.8 Å². The number of likely N-dealkylation sites (N-methyl/N-ethyl adjacent to an activating group) is 1. The van der Waals surface area contributed by atoms with E-state index in [1.807, 2.05) is 19.9 Å². The highest BCUT2D eigenvalue weighted by Crippen LogP contribution is 2.33. The number of aromatic nitrogens is 1. The van der Waals surface area contributed by atoms with Gasteiger partial charge in [0.2, 0.25) is 0 Å². The Morgan fingerprint density at radius 1 is 1.03 bits per heavy atom. The summed E-state index contributed by atoms with van der Waals surface area (Å²) in [6.45, 7) is 11.1. The smallest absolute Gasteiger partial charge is 0.261 e. The molecule has 1 amide bonds. The fourth-order valence-corrected chi connectivity index (χ4v) is 5.44. The van der Waals surface area contributed by atoms with E-state index in [1.54, 1.807) is 23.1 Å². The summed E-state index contributed by atoms with van der Waals surface area (Å²) in [5.74, 6) is -0.346. The second kappa shape index (κ2) is 9.46. The lowest BCUT2D eigenvalue weighted by Gasteiger charge is -2.25. The molecule has 0 fully saturated rings. The van der Waals surface area contributed by atoms with Gasteiger partial charge in [-0.25, -0.2) is 13.4 Å². The zero-order valence-corrected chi connectivity index (χ0v) is 20.3. The highest BCUT2D eigenvalue weighted by Gasteiger charge is 2.26. The van der Waals surface area contributed by atoms with Crippen molar-refractivity contribution in [1.29, 1.82) is 0 Å². The molecule has 0 aliphatic heterocycles. The van der Waals surface area contributed by atoms with Crippen molar-refractivity contribution in [3.8, 4) is 0 Å². The normalized spacial score (nSPS) is 11.9. The van der Waals surface area contributed by atoms with Crippen LogP contribution in [0.5, 0.6) is 0 Å². The summed E-state index contributed by atoms with van der Waals surface area (Å²) in [5.41, 5.74) is 3.30. The molecule has 1 heterocycles. The minimum Gasteiger partial charge on any atom is -0.302 e. The Hall–Kier alpha value is -2.29. The van der Waals surface area contributed by atoms with Crippen molar-refractivity contribution in [2.45, 2.75) is 32.6 Å². The quantitative estimate of drug-likeness (QED) is 0.502. The molecular formula is C23H29N3O3S2. The van der Waals surface area contributed by atoms with Crippen LogP contribution in [0.4, 0.5) is 5.13 Å². The number of carbonyl (C=O) groups is 1. The Bertz CT molecular complexity index is 1200. The first-order valence-corrected chi connectivity index (χ1v) is 13.1. The molecule has 0 spiro atoms. The summed E-state index contributed by atoms with van der Waals surface area (Å²) in [7, 11) is -3.55. The fourth-order valence-electron chi connectivity index (χ4n) is 3.51. The highest BCUT2D eigenvalue weighted by molar-refractivity contribution is 7.90. The molecule has 0 aliphatic rings. The monoisotopic (exact) mass is 459 g/mol. The number of anilines is 1. The first-order valence-electron chi connectivity index (χ1n) is 10.4. The van der Waals surface area contributed by atoms with Gasteiger partial charge in [0.1, 0.15) is 0 Å². The van der Waals surface area contributed by atoms with Crippen LogP contribution in [0.15, 0.2) is 41.3 Å². The number of rotatable bonds is 8. The van der Waals surface area contributed by atoms with Gasteiger partial charge in [0.15, 0.2) is 15.0 Å². The molecule has 0 aliphatic carbocycles. The number of sulfone groups is 1. The topological polar surface area (TPSA) is 70.6 Å². The minimum atomic E-state index is -3.55. The van der Waals surface area contributed by atoms with Gasteiger partial charge in [-0.3, -0.25) is 9.69 Å². The van der Waals surface area contributed by atoms with E-state index in [4.69, 9.17) is 4.98 Å². The molecule has 2 aromatic carbocycles. The van der Waals surface area contributed by atoms with Crippen molar-refractivity contribution in [3.05, 3.63) is 53.1 Å². The molecule has 0 atom stereocenters. The van der Waals surface area contributed by atoms with Crippen LogP contribution >= 0.6 is 11.3 Å². The molecule has 6 nitrogen and oxygen atoms in total. The van der Waals surface area contributed by atoms with Gasteiger partial charge >= 0.3 is 0 Å². The van der Waals surface area contributed by atoms with Gasteiger partial charge in [0.25, 0.3) is 5.91 Å². The van der Waals surface area contributed by atoms with E-state index < -0.39 is 9.84 Å². The van der Waals surface area contributed by atoms with Gasteiger partial charge < -0.3 is 4.90 Å². The van der Waals surface area contributed by atoms with Crippen molar-refractivity contribution in [1.82, 2.24) is 9.88 Å². The van der Waals surface area contributed by atoms with Crippen molar-refractivity contribution in [2.24, 2.45) is 0 Å². The predicted molar refractivity (Wildman–Crippen MR) is 128 cm³/mol. The number of nitrogens with zero attached hydrogens (tertiary/aromatic N) is 3. The summed E-state index contributed by atoms with van der Waals surface area (Å²) in [4.78, 5) is 22.3. The third-order valence-corrected chi connectivity index (χ3v) is 7.80. The molecule has 0 saturated heterocycles. The molecule has 0 radical (unpaired) electrons. The number of fused-ring (bicyclic) bond motifs is 1. The molecule has 0 unspecified atom stereocenters. The van der Waals surface area contributed by atoms with E-state index in [2.05, 4.69) is 24.8 Å². The van der Waals surface area contributed by atoms with Crippen LogP contribution in [-0.4, -0.2) is 56.6 Å². The molecule has 31 heavy (non-hydrogen) atoms. The van der Waals surface area contributed by atoms with Crippen molar-refractivity contribution in [3.63, 3.8) is 0 Å². The number of hydrogen-bond donors (Lipinski definition) is 0. The standard InChI is InChI=1S/C23H29N3O3S2/c1-6-25(7-2)14-15-26(22(27)18-10-8-9-11-20(18)31(5,28)29)23-24-21-17(4)16(3)12-13-19(21)30-23/h8-13H,6-7,14-15H2,1-5H3. The zero-order chi connectivity index (χ0) is 22.8. The van der Waals surface area contributed by atoms with E-state index >= 15 is 0 Å². The fraction of sp³-hybridized carbons (Fsp3) is 0.391. The molecule has 0 N–H and O–H groups in total. The van der Waals surface area contributed by atoms with Gasteiger partial charge in [0, 0.05) is 19.3 Å². The SMILES string of the molecule is CCN(CC)CCN(C(=O)c1ccccc1S(C)(=O)=O)c1nc2c(C)c(C)ccc2s1. The summed E-state index contributed by atoms with van der Waals surface area (Å²) in [5, 5.41) is 0.587. The summed E-state index contributed by atoms with van der Waals surface area (Å²) in [6, 6.07) is 10.5. The Morgan fingerprint density at radius 3 is 2.35 bits per heavy atom. The number of carbonyl (C=O) groups excluding carboxylic acids is 1. The van der Waals surface area contributed by atoms with Gasteiger partial charge in [-0.2, -0.15) is 0 Å². The van der Waals surface area contributed by atoms with Crippen LogP contribution < -0.4 is 4.90 Å². The second-order valence-electron chi connectivity index (χ2n) is 7.60. The number of thiazole rings is 1. The van der Waals surface area contributed by atoms with Gasteiger partial charge in [-0.05, 0) is 56.3 Å². The lowest BCUT2D eigenvalue weighted by molar-refractivity contribution is 0.0980. The average Bonchev–Trinajstić information content (AvgIpc) is 3.18. The molecular weight excluding hydrogens is 430 g/mol. The summed E-state index contributed by atoms with van der Waals surface area (Å²) in [6.07, 6.45) is 1.13. The van der Waals surface area contributed by atoms with Crippen LogP contribution in [0.25, 0.3) is 10.2 Å². The average molecular weight is 460 g/mol. The molecule has 0 bridgehead atoms. The second-order valence-corrected chi connectivity index (χ2v) is 10.6. The van der Waals surface area contributed by atoms with E-state index in [-0.39, 0.29) is 16.4 Å². The molecule has 3 aromatic rings. The van der Waals surface area contributed by atoms with Gasteiger partial charge in [0.05, 0.1) is 20.7 Å². The van der Waals surface area contributed by atoms with Crippen LogP contribution in [0.2, 0.25) is 0 Å². The van der Waals surface area contributed by atoms with Crippen LogP contribution in [0.1, 0.15) is 35.3 Å². The lowest BCUT2D eigenvalue weighted by Crippen LogP contribution is -2.39. The number of hydrogen-bond acceptors (Lipinski definition) is 6. The van der Waals surface area contributed by atoms with E-state index in [9.17, 15) is 13.2 Å². The lowest BCUT2D eigenvalue weighted by atomic mass is 10.1. The summed E-state index contributed by atoms with van der Waals surface area (Å²) < 4.78 is 25.6. The van der Waals surface area contributed by atoms with Crippen molar-refractivity contribution in [2.75, 3.05) is 37.3 Å².